The normalized spacial score (nSPS) is 17.7. The van der Waals surface area contributed by atoms with Gasteiger partial charge in [-0.25, -0.2) is 0 Å². The minimum absolute atomic E-state index is 0.127. The van der Waals surface area contributed by atoms with Gasteiger partial charge in [0.15, 0.2) is 5.78 Å². The van der Waals surface area contributed by atoms with Crippen molar-refractivity contribution in [2.45, 2.75) is 6.42 Å². The molecular weight excluding hydrogens is 254 g/mol. The van der Waals surface area contributed by atoms with Crippen molar-refractivity contribution in [3.05, 3.63) is 34.9 Å². The molecule has 4 heteroatoms. The zero-order valence-electron chi connectivity index (χ0n) is 9.69. The van der Waals surface area contributed by atoms with E-state index in [1.54, 1.807) is 12.1 Å². The van der Waals surface area contributed by atoms with Crippen LogP contribution in [0.2, 0.25) is 5.02 Å². The summed E-state index contributed by atoms with van der Waals surface area (Å²) in [6.45, 7) is 2.51. The number of ketones is 1. The summed E-state index contributed by atoms with van der Waals surface area (Å²) < 4.78 is 0. The smallest absolute Gasteiger partial charge is 0.178 e. The number of Topliss-reactive ketones (excluding diaryl/α,β-unsaturated/α-hetero) is 1. The standard InChI is InChI=1S/C13H16ClNOS/c14-12-5-2-1-4-11(12)13(16)10-15-6-3-8-17-9-7-15/h1-2,4-5H,3,6-10H2. The second kappa shape index (κ2) is 6.43. The van der Waals surface area contributed by atoms with Gasteiger partial charge >= 0.3 is 0 Å². The highest BCUT2D eigenvalue weighted by Crippen LogP contribution is 2.17. The van der Waals surface area contributed by atoms with Crippen molar-refractivity contribution in [1.82, 2.24) is 4.90 Å². The monoisotopic (exact) mass is 269 g/mol. The third-order valence-electron chi connectivity index (χ3n) is 2.86. The average Bonchev–Trinajstić information content (AvgIpc) is 2.58. The van der Waals surface area contributed by atoms with Crippen molar-refractivity contribution in [3.8, 4) is 0 Å². The van der Waals surface area contributed by atoms with E-state index in [2.05, 4.69) is 4.90 Å². The number of hydrogen-bond donors (Lipinski definition) is 0. The van der Waals surface area contributed by atoms with Crippen LogP contribution in [0, 0.1) is 0 Å². The van der Waals surface area contributed by atoms with Crippen molar-refractivity contribution in [3.63, 3.8) is 0 Å². The van der Waals surface area contributed by atoms with E-state index in [0.717, 1.165) is 18.8 Å². The lowest BCUT2D eigenvalue weighted by Crippen LogP contribution is -2.31. The molecule has 0 aliphatic carbocycles. The Bertz CT molecular complexity index is 389. The number of benzene rings is 1. The number of hydrogen-bond acceptors (Lipinski definition) is 3. The van der Waals surface area contributed by atoms with Gasteiger partial charge in [0.05, 0.1) is 11.6 Å². The van der Waals surface area contributed by atoms with E-state index in [1.807, 2.05) is 23.9 Å². The molecule has 1 heterocycles. The molecule has 1 saturated heterocycles. The minimum atomic E-state index is 0.127. The van der Waals surface area contributed by atoms with Gasteiger partial charge in [0, 0.05) is 17.9 Å². The van der Waals surface area contributed by atoms with E-state index in [1.165, 1.54) is 12.2 Å². The zero-order chi connectivity index (χ0) is 12.1. The van der Waals surface area contributed by atoms with Crippen LogP contribution in [0.3, 0.4) is 0 Å². The molecule has 2 rings (SSSR count). The molecule has 0 bridgehead atoms. The van der Waals surface area contributed by atoms with Gasteiger partial charge in [-0.3, -0.25) is 9.69 Å². The molecule has 1 aliphatic heterocycles. The second-order valence-corrected chi connectivity index (χ2v) is 5.78. The third kappa shape index (κ3) is 3.73. The number of thioether (sulfide) groups is 1. The average molecular weight is 270 g/mol. The lowest BCUT2D eigenvalue weighted by molar-refractivity contribution is 0.0936. The molecule has 0 N–H and O–H groups in total. The predicted molar refractivity (Wildman–Crippen MR) is 74.2 cm³/mol. The van der Waals surface area contributed by atoms with Gasteiger partial charge in [-0.05, 0) is 30.9 Å². The molecule has 0 saturated carbocycles. The van der Waals surface area contributed by atoms with Gasteiger partial charge in [-0.2, -0.15) is 11.8 Å². The fourth-order valence-corrected chi connectivity index (χ4v) is 3.10. The first-order chi connectivity index (χ1) is 8.27. The first-order valence-corrected chi connectivity index (χ1v) is 7.38. The summed E-state index contributed by atoms with van der Waals surface area (Å²) in [7, 11) is 0. The molecule has 0 spiro atoms. The molecule has 0 unspecified atom stereocenters. The lowest BCUT2D eigenvalue weighted by atomic mass is 10.1. The summed E-state index contributed by atoms with van der Waals surface area (Å²) in [5, 5.41) is 0.557. The summed E-state index contributed by atoms with van der Waals surface area (Å²) in [6.07, 6.45) is 1.17. The van der Waals surface area contributed by atoms with Gasteiger partial charge < -0.3 is 0 Å². The Morgan fingerprint density at radius 1 is 1.29 bits per heavy atom. The molecule has 2 nitrogen and oxygen atoms in total. The Morgan fingerprint density at radius 3 is 2.94 bits per heavy atom. The van der Waals surface area contributed by atoms with Crippen molar-refractivity contribution in [2.75, 3.05) is 31.1 Å². The number of carbonyl (C=O) groups is 1. The maximum Gasteiger partial charge on any atom is 0.178 e. The number of carbonyl (C=O) groups excluding carboxylic acids is 1. The molecule has 1 aliphatic rings. The summed E-state index contributed by atoms with van der Waals surface area (Å²) in [6, 6.07) is 7.28. The topological polar surface area (TPSA) is 20.3 Å². The van der Waals surface area contributed by atoms with Crippen LogP contribution in [0.25, 0.3) is 0 Å². The highest BCUT2D eigenvalue weighted by Gasteiger charge is 2.15. The zero-order valence-corrected chi connectivity index (χ0v) is 11.3. The fraction of sp³-hybridized carbons (Fsp3) is 0.462. The van der Waals surface area contributed by atoms with E-state index in [0.29, 0.717) is 17.1 Å². The van der Waals surface area contributed by atoms with Crippen LogP contribution in [-0.4, -0.2) is 41.8 Å². The molecule has 0 atom stereocenters. The van der Waals surface area contributed by atoms with E-state index in [4.69, 9.17) is 11.6 Å². The lowest BCUT2D eigenvalue weighted by Gasteiger charge is -2.18. The summed E-state index contributed by atoms with van der Waals surface area (Å²) in [4.78, 5) is 14.3. The van der Waals surface area contributed by atoms with Crippen molar-refractivity contribution in [2.24, 2.45) is 0 Å². The molecule has 0 radical (unpaired) electrons. The minimum Gasteiger partial charge on any atom is -0.295 e. The highest BCUT2D eigenvalue weighted by atomic mass is 35.5. The molecular formula is C13H16ClNOS. The largest absolute Gasteiger partial charge is 0.295 e. The maximum absolute atomic E-state index is 12.1. The van der Waals surface area contributed by atoms with Crippen molar-refractivity contribution in [1.29, 1.82) is 0 Å². The molecule has 0 amide bonds. The Morgan fingerprint density at radius 2 is 2.12 bits per heavy atom. The van der Waals surface area contributed by atoms with E-state index in [9.17, 15) is 4.79 Å². The van der Waals surface area contributed by atoms with Crippen LogP contribution in [0.5, 0.6) is 0 Å². The van der Waals surface area contributed by atoms with Gasteiger partial charge in [-0.1, -0.05) is 23.7 Å². The van der Waals surface area contributed by atoms with Crippen LogP contribution in [0.1, 0.15) is 16.8 Å². The van der Waals surface area contributed by atoms with Crippen LogP contribution in [0.4, 0.5) is 0 Å². The summed E-state index contributed by atoms with van der Waals surface area (Å²) >= 11 is 7.99. The van der Waals surface area contributed by atoms with Crippen LogP contribution in [-0.2, 0) is 0 Å². The van der Waals surface area contributed by atoms with Crippen molar-refractivity contribution >= 4 is 29.1 Å². The number of nitrogens with zero attached hydrogens (tertiary/aromatic N) is 1. The van der Waals surface area contributed by atoms with Gasteiger partial charge in [0.1, 0.15) is 0 Å². The molecule has 17 heavy (non-hydrogen) atoms. The highest BCUT2D eigenvalue weighted by molar-refractivity contribution is 7.99. The molecule has 1 aromatic rings. The Labute approximate surface area is 111 Å². The SMILES string of the molecule is O=C(CN1CCCSCC1)c1ccccc1Cl. The molecule has 92 valence electrons. The number of halogens is 1. The third-order valence-corrected chi connectivity index (χ3v) is 4.23. The van der Waals surface area contributed by atoms with Crippen LogP contribution < -0.4 is 0 Å². The summed E-state index contributed by atoms with van der Waals surface area (Å²) in [5.41, 5.74) is 0.645. The van der Waals surface area contributed by atoms with Crippen molar-refractivity contribution < 1.29 is 4.79 Å². The molecule has 0 aromatic heterocycles. The molecule has 1 fully saturated rings. The van der Waals surface area contributed by atoms with E-state index in [-0.39, 0.29) is 5.78 Å². The quantitative estimate of drug-likeness (QED) is 0.787. The first-order valence-electron chi connectivity index (χ1n) is 5.85. The molecule has 1 aromatic carbocycles. The van der Waals surface area contributed by atoms with Crippen LogP contribution >= 0.6 is 23.4 Å². The van der Waals surface area contributed by atoms with Crippen LogP contribution in [0.15, 0.2) is 24.3 Å². The second-order valence-electron chi connectivity index (χ2n) is 4.15. The van der Waals surface area contributed by atoms with Gasteiger partial charge in [0.2, 0.25) is 0 Å². The first kappa shape index (κ1) is 12.9. The Kier molecular flexibility index (Phi) is 4.89. The van der Waals surface area contributed by atoms with Gasteiger partial charge in [0.25, 0.3) is 0 Å². The van der Waals surface area contributed by atoms with E-state index >= 15 is 0 Å². The van der Waals surface area contributed by atoms with Gasteiger partial charge in [-0.15, -0.1) is 0 Å². The fourth-order valence-electron chi connectivity index (χ4n) is 1.93. The number of rotatable bonds is 3. The maximum atomic E-state index is 12.1. The summed E-state index contributed by atoms with van der Waals surface area (Å²) in [5.74, 6) is 2.45. The Balaban J connectivity index is 1.98. The van der Waals surface area contributed by atoms with E-state index < -0.39 is 0 Å². The Hall–Kier alpha value is -0.510. The predicted octanol–water partition coefficient (Wildman–Crippen LogP) is 2.96.